The van der Waals surface area contributed by atoms with Gasteiger partial charge >= 0.3 is 0 Å². The van der Waals surface area contributed by atoms with Crippen molar-refractivity contribution in [2.24, 2.45) is 5.84 Å². The number of pyridine rings is 1. The molecule has 6 nitrogen and oxygen atoms in total. The highest BCUT2D eigenvalue weighted by Gasteiger charge is 2.15. The van der Waals surface area contributed by atoms with Crippen LogP contribution in [0.4, 0.5) is 5.82 Å². The van der Waals surface area contributed by atoms with Crippen LogP contribution < -0.4 is 16.7 Å². The molecule has 1 aromatic heterocycles. The number of amides is 1. The number of nitrogens with two attached hydrogens (primary N) is 1. The quantitative estimate of drug-likeness (QED) is 0.560. The number of nitrogens with one attached hydrogen (secondary N) is 2. The molecule has 20 heavy (non-hydrogen) atoms. The summed E-state index contributed by atoms with van der Waals surface area (Å²) in [5.74, 6) is 5.85. The van der Waals surface area contributed by atoms with E-state index in [1.807, 2.05) is 11.1 Å². The molecule has 1 amide bonds. The molecule has 2 rings (SSSR count). The second kappa shape index (κ2) is 7.21. The van der Waals surface area contributed by atoms with E-state index in [1.165, 1.54) is 6.42 Å². The van der Waals surface area contributed by atoms with Crippen LogP contribution in [0.2, 0.25) is 0 Å². The number of anilines is 1. The Kier molecular flexibility index (Phi) is 5.31. The maximum atomic E-state index is 12.3. The minimum Gasteiger partial charge on any atom is -0.308 e. The van der Waals surface area contributed by atoms with Gasteiger partial charge < -0.3 is 5.43 Å². The summed E-state index contributed by atoms with van der Waals surface area (Å²) >= 11 is 0. The second-order valence-corrected chi connectivity index (χ2v) is 5.12. The summed E-state index contributed by atoms with van der Waals surface area (Å²) in [6, 6.07) is 3.52. The molecule has 1 aromatic rings. The third kappa shape index (κ3) is 3.91. The van der Waals surface area contributed by atoms with Crippen LogP contribution in [0.25, 0.3) is 0 Å². The van der Waals surface area contributed by atoms with E-state index < -0.39 is 0 Å². The molecule has 4 N–H and O–H groups in total. The van der Waals surface area contributed by atoms with Crippen LogP contribution in [0.1, 0.15) is 48.7 Å². The molecule has 110 valence electrons. The van der Waals surface area contributed by atoms with Crippen molar-refractivity contribution in [3.63, 3.8) is 0 Å². The van der Waals surface area contributed by atoms with E-state index in [1.54, 1.807) is 6.07 Å². The summed E-state index contributed by atoms with van der Waals surface area (Å²) in [7, 11) is 0. The van der Waals surface area contributed by atoms with Gasteiger partial charge in [-0.25, -0.2) is 15.8 Å². The van der Waals surface area contributed by atoms with Crippen LogP contribution >= 0.6 is 0 Å². The number of aromatic nitrogens is 1. The molecule has 6 heteroatoms. The first-order chi connectivity index (χ1) is 9.72. The lowest BCUT2D eigenvalue weighted by atomic mass is 10.1. The number of carbonyl (C=O) groups is 1. The van der Waals surface area contributed by atoms with Crippen LogP contribution in [0, 0.1) is 0 Å². The largest absolute Gasteiger partial charge is 0.308 e. The Hall–Kier alpha value is -1.66. The molecule has 2 heterocycles. The fraction of sp³-hybridized carbons (Fsp3) is 0.571. The van der Waals surface area contributed by atoms with Gasteiger partial charge in [-0.1, -0.05) is 19.8 Å². The minimum absolute atomic E-state index is 0.0943. The van der Waals surface area contributed by atoms with Crippen molar-refractivity contribution < 1.29 is 4.79 Å². The topological polar surface area (TPSA) is 83.3 Å². The third-order valence-corrected chi connectivity index (χ3v) is 3.41. The average Bonchev–Trinajstić information content (AvgIpc) is 2.48. The lowest BCUT2D eigenvalue weighted by Gasteiger charge is -2.26. The normalized spacial score (nSPS) is 15.9. The minimum atomic E-state index is -0.0943. The number of carbonyl (C=O) groups excluding carboxylic acids is 1. The van der Waals surface area contributed by atoms with Crippen molar-refractivity contribution >= 4 is 11.7 Å². The van der Waals surface area contributed by atoms with Gasteiger partial charge in [-0.05, 0) is 31.4 Å². The van der Waals surface area contributed by atoms with Crippen LogP contribution in [0.3, 0.4) is 0 Å². The van der Waals surface area contributed by atoms with Gasteiger partial charge in [0.1, 0.15) is 5.82 Å². The Morgan fingerprint density at radius 3 is 2.75 bits per heavy atom. The summed E-state index contributed by atoms with van der Waals surface area (Å²) in [5.41, 5.74) is 6.95. The lowest BCUT2D eigenvalue weighted by molar-refractivity contribution is 0.0750. The smallest absolute Gasteiger partial charge is 0.265 e. The number of hydrazine groups is 2. The maximum Gasteiger partial charge on any atom is 0.265 e. The number of rotatable bonds is 5. The SMILES string of the molecule is CCCc1cc(C(=O)NN2CCCCC2)cc(NN)n1. The van der Waals surface area contributed by atoms with E-state index in [4.69, 9.17) is 5.84 Å². The highest BCUT2D eigenvalue weighted by molar-refractivity contribution is 5.94. The van der Waals surface area contributed by atoms with Crippen LogP contribution in [0.5, 0.6) is 0 Å². The first-order valence-electron chi connectivity index (χ1n) is 7.26. The molecule has 0 aromatic carbocycles. The average molecular weight is 277 g/mol. The zero-order valence-corrected chi connectivity index (χ0v) is 12.0. The van der Waals surface area contributed by atoms with Gasteiger partial charge in [0, 0.05) is 24.3 Å². The standard InChI is InChI=1S/C14H23N5O/c1-2-6-12-9-11(10-13(16-12)17-15)14(20)18-19-7-4-3-5-8-19/h9-10H,2-8,15H2,1H3,(H,16,17)(H,18,20). The maximum absolute atomic E-state index is 12.3. The predicted molar refractivity (Wildman–Crippen MR) is 78.9 cm³/mol. The molecule has 0 unspecified atom stereocenters. The number of nitrogen functional groups attached to an aromatic ring is 1. The summed E-state index contributed by atoms with van der Waals surface area (Å²) < 4.78 is 0. The molecule has 0 spiro atoms. The first-order valence-corrected chi connectivity index (χ1v) is 7.26. The van der Waals surface area contributed by atoms with Crippen molar-refractivity contribution in [2.75, 3.05) is 18.5 Å². The van der Waals surface area contributed by atoms with Crippen molar-refractivity contribution in [1.29, 1.82) is 0 Å². The highest BCUT2D eigenvalue weighted by Crippen LogP contribution is 2.12. The van der Waals surface area contributed by atoms with Crippen LogP contribution in [0.15, 0.2) is 12.1 Å². The number of hydrogen-bond acceptors (Lipinski definition) is 5. The molecular weight excluding hydrogens is 254 g/mol. The zero-order chi connectivity index (χ0) is 14.4. The Balaban J connectivity index is 2.09. The summed E-state index contributed by atoms with van der Waals surface area (Å²) in [5, 5.41) is 1.99. The molecule has 0 radical (unpaired) electrons. The molecule has 1 aliphatic rings. The summed E-state index contributed by atoms with van der Waals surface area (Å²) in [6.45, 7) is 3.92. The molecular formula is C14H23N5O. The van der Waals surface area contributed by atoms with E-state index in [9.17, 15) is 4.79 Å². The Morgan fingerprint density at radius 1 is 1.35 bits per heavy atom. The Morgan fingerprint density at radius 2 is 2.10 bits per heavy atom. The predicted octanol–water partition coefficient (Wildman–Crippen LogP) is 1.45. The van der Waals surface area contributed by atoms with Gasteiger partial charge in [-0.2, -0.15) is 0 Å². The summed E-state index contributed by atoms with van der Waals surface area (Å²) in [6.07, 6.45) is 5.32. The van der Waals surface area contributed by atoms with Crippen LogP contribution in [-0.2, 0) is 6.42 Å². The lowest BCUT2D eigenvalue weighted by Crippen LogP contribution is -2.45. The third-order valence-electron chi connectivity index (χ3n) is 3.41. The Bertz CT molecular complexity index is 457. The van der Waals surface area contributed by atoms with Crippen molar-refractivity contribution in [3.8, 4) is 0 Å². The zero-order valence-electron chi connectivity index (χ0n) is 12.0. The van der Waals surface area contributed by atoms with E-state index in [-0.39, 0.29) is 5.91 Å². The number of aryl methyl sites for hydroxylation is 1. The molecule has 1 saturated heterocycles. The number of piperidine rings is 1. The summed E-state index contributed by atoms with van der Waals surface area (Å²) in [4.78, 5) is 16.6. The van der Waals surface area contributed by atoms with Crippen molar-refractivity contribution in [2.45, 2.75) is 39.0 Å². The molecule has 1 fully saturated rings. The molecule has 0 bridgehead atoms. The van der Waals surface area contributed by atoms with Gasteiger partial charge in [0.15, 0.2) is 0 Å². The Labute approximate surface area is 119 Å². The second-order valence-electron chi connectivity index (χ2n) is 5.12. The first kappa shape index (κ1) is 14.7. The van der Waals surface area contributed by atoms with Gasteiger partial charge in [-0.15, -0.1) is 0 Å². The van der Waals surface area contributed by atoms with E-state index in [0.29, 0.717) is 11.4 Å². The molecule has 1 aliphatic heterocycles. The van der Waals surface area contributed by atoms with Gasteiger partial charge in [0.2, 0.25) is 0 Å². The van der Waals surface area contributed by atoms with Gasteiger partial charge in [0.05, 0.1) is 0 Å². The molecule has 0 saturated carbocycles. The molecule has 0 atom stereocenters. The number of nitrogens with zero attached hydrogens (tertiary/aromatic N) is 2. The van der Waals surface area contributed by atoms with Crippen LogP contribution in [-0.4, -0.2) is 29.0 Å². The van der Waals surface area contributed by atoms with Crippen molar-refractivity contribution in [1.82, 2.24) is 15.4 Å². The van der Waals surface area contributed by atoms with Gasteiger partial charge in [-0.3, -0.25) is 10.2 Å². The van der Waals surface area contributed by atoms with E-state index >= 15 is 0 Å². The fourth-order valence-electron chi connectivity index (χ4n) is 2.39. The van der Waals surface area contributed by atoms with Crippen molar-refractivity contribution in [3.05, 3.63) is 23.4 Å². The fourth-order valence-corrected chi connectivity index (χ4v) is 2.39. The van der Waals surface area contributed by atoms with E-state index in [2.05, 4.69) is 22.8 Å². The highest BCUT2D eigenvalue weighted by atomic mass is 16.2. The number of hydrogen-bond donors (Lipinski definition) is 3. The van der Waals surface area contributed by atoms with E-state index in [0.717, 1.165) is 44.5 Å². The monoisotopic (exact) mass is 277 g/mol. The van der Waals surface area contributed by atoms with Gasteiger partial charge in [0.25, 0.3) is 5.91 Å². The molecule has 0 aliphatic carbocycles.